The number of sulfonamides is 1. The summed E-state index contributed by atoms with van der Waals surface area (Å²) in [6.45, 7) is -0.787. The highest BCUT2D eigenvalue weighted by atomic mass is 32.2. The van der Waals surface area contributed by atoms with Crippen LogP contribution in [0.5, 0.6) is 0 Å². The molecule has 1 heterocycles. The largest absolute Gasteiger partial charge is 0.480 e. The van der Waals surface area contributed by atoms with Gasteiger partial charge in [0.2, 0.25) is 0 Å². The van der Waals surface area contributed by atoms with Gasteiger partial charge in [0, 0.05) is 6.07 Å². The minimum absolute atomic E-state index is 0.314. The molecule has 0 aliphatic carbocycles. The standard InChI is InChI=1S/C20H22N2O10S/c23-11-15-17(24)18(25)19(32-15)21(14(20(26)27)10-12-6-2-1-3-7-12)33(30,31)16-9-5-4-8-13(16)22(28)29/h1-9,14-15,17-19,23-25H,10-11H2,(H,26,27)/t14-,15-,17-,18+,19-/m0/s1. The van der Waals surface area contributed by atoms with Gasteiger partial charge < -0.3 is 25.2 Å². The van der Waals surface area contributed by atoms with Gasteiger partial charge >= 0.3 is 5.97 Å². The number of ether oxygens (including phenoxy) is 1. The first kappa shape index (κ1) is 24.7. The molecule has 1 saturated heterocycles. The van der Waals surface area contributed by atoms with Crippen LogP contribution in [0.1, 0.15) is 5.56 Å². The molecule has 13 heteroatoms. The van der Waals surface area contributed by atoms with Crippen molar-refractivity contribution in [3.63, 3.8) is 0 Å². The van der Waals surface area contributed by atoms with Crippen LogP contribution in [0.2, 0.25) is 0 Å². The predicted molar refractivity (Wildman–Crippen MR) is 111 cm³/mol. The van der Waals surface area contributed by atoms with Gasteiger partial charge in [0.25, 0.3) is 15.7 Å². The average Bonchev–Trinajstić information content (AvgIpc) is 3.07. The lowest BCUT2D eigenvalue weighted by molar-refractivity contribution is -0.387. The highest BCUT2D eigenvalue weighted by molar-refractivity contribution is 7.89. The number of aliphatic carboxylic acids is 1. The minimum atomic E-state index is -4.98. The molecule has 3 rings (SSSR count). The van der Waals surface area contributed by atoms with E-state index in [4.69, 9.17) is 4.74 Å². The van der Waals surface area contributed by atoms with E-state index in [0.717, 1.165) is 12.1 Å². The molecule has 12 nitrogen and oxygen atoms in total. The summed E-state index contributed by atoms with van der Waals surface area (Å²) in [5.74, 6) is -1.61. The van der Waals surface area contributed by atoms with E-state index in [1.165, 1.54) is 12.1 Å². The van der Waals surface area contributed by atoms with E-state index in [9.17, 15) is 43.8 Å². The fourth-order valence-electron chi connectivity index (χ4n) is 3.64. The molecule has 1 aliphatic rings. The third-order valence-electron chi connectivity index (χ3n) is 5.25. The van der Waals surface area contributed by atoms with Gasteiger partial charge in [-0.3, -0.25) is 14.9 Å². The third kappa shape index (κ3) is 4.88. The topological polar surface area (TPSA) is 188 Å². The van der Waals surface area contributed by atoms with E-state index in [0.29, 0.717) is 9.87 Å². The molecule has 0 unspecified atom stereocenters. The monoisotopic (exact) mass is 482 g/mol. The summed E-state index contributed by atoms with van der Waals surface area (Å²) < 4.78 is 33.0. The van der Waals surface area contributed by atoms with Crippen LogP contribution >= 0.6 is 0 Å². The Labute approximate surface area is 188 Å². The molecule has 2 aromatic carbocycles. The van der Waals surface area contributed by atoms with E-state index in [-0.39, 0.29) is 6.42 Å². The van der Waals surface area contributed by atoms with Crippen LogP contribution in [0.15, 0.2) is 59.5 Å². The lowest BCUT2D eigenvalue weighted by Crippen LogP contribution is -2.55. The number of hydrogen-bond acceptors (Lipinski definition) is 9. The summed E-state index contributed by atoms with van der Waals surface area (Å²) in [4.78, 5) is 22.0. The zero-order chi connectivity index (χ0) is 24.3. The molecular weight excluding hydrogens is 460 g/mol. The van der Waals surface area contributed by atoms with Crippen molar-refractivity contribution in [2.75, 3.05) is 6.61 Å². The smallest absolute Gasteiger partial charge is 0.322 e. The van der Waals surface area contributed by atoms with E-state index in [2.05, 4.69) is 0 Å². The van der Waals surface area contributed by atoms with E-state index >= 15 is 0 Å². The number of nitro benzene ring substituents is 1. The van der Waals surface area contributed by atoms with Crippen molar-refractivity contribution in [3.05, 3.63) is 70.3 Å². The summed E-state index contributed by atoms with van der Waals surface area (Å²) in [7, 11) is -4.98. The average molecular weight is 482 g/mol. The lowest BCUT2D eigenvalue weighted by Gasteiger charge is -2.34. The fourth-order valence-corrected chi connectivity index (χ4v) is 5.47. The number of hydrogen-bond donors (Lipinski definition) is 4. The second kappa shape index (κ2) is 9.91. The molecule has 33 heavy (non-hydrogen) atoms. The Bertz CT molecular complexity index is 1110. The van der Waals surface area contributed by atoms with E-state index in [1.54, 1.807) is 30.3 Å². The SMILES string of the molecule is O=C(O)[C@H](Cc1ccccc1)N([C@H]1O[C@@H](CO)[C@H](O)[C@H]1O)S(=O)(=O)c1ccccc1[N+](=O)[O-]. The van der Waals surface area contributed by atoms with Crippen LogP contribution < -0.4 is 0 Å². The number of carboxylic acid groups (broad SMARTS) is 1. The molecule has 178 valence electrons. The molecular formula is C20H22N2O10S. The molecule has 0 aromatic heterocycles. The highest BCUT2D eigenvalue weighted by Gasteiger charge is 2.53. The van der Waals surface area contributed by atoms with Crippen molar-refractivity contribution in [2.45, 2.75) is 41.9 Å². The number of aliphatic hydroxyl groups excluding tert-OH is 3. The minimum Gasteiger partial charge on any atom is -0.480 e. The zero-order valence-electron chi connectivity index (χ0n) is 17.0. The number of carboxylic acids is 1. The first-order valence-electron chi connectivity index (χ1n) is 9.75. The van der Waals surface area contributed by atoms with E-state index < -0.39 is 68.7 Å². The van der Waals surface area contributed by atoms with Gasteiger partial charge in [0.1, 0.15) is 24.4 Å². The van der Waals surface area contributed by atoms with Crippen LogP contribution in [-0.4, -0.2) is 81.2 Å². The summed E-state index contributed by atoms with van der Waals surface area (Å²) in [5, 5.41) is 51.5. The maximum absolute atomic E-state index is 13.7. The molecule has 0 amide bonds. The first-order chi connectivity index (χ1) is 15.6. The molecule has 0 bridgehead atoms. The number of aliphatic hydroxyl groups is 3. The Morgan fingerprint density at radius 2 is 1.70 bits per heavy atom. The Kier molecular flexibility index (Phi) is 7.41. The molecule has 1 fully saturated rings. The van der Waals surface area contributed by atoms with Crippen LogP contribution in [0.3, 0.4) is 0 Å². The van der Waals surface area contributed by atoms with Crippen molar-refractivity contribution in [3.8, 4) is 0 Å². The van der Waals surface area contributed by atoms with Gasteiger partial charge in [0.05, 0.1) is 11.5 Å². The Balaban J connectivity index is 2.19. The molecule has 4 N–H and O–H groups in total. The Hall–Kier alpha value is -2.94. The summed E-state index contributed by atoms with van der Waals surface area (Å²) >= 11 is 0. The van der Waals surface area contributed by atoms with Gasteiger partial charge in [0.15, 0.2) is 11.1 Å². The molecule has 0 radical (unpaired) electrons. The van der Waals surface area contributed by atoms with Gasteiger partial charge in [-0.2, -0.15) is 4.31 Å². The van der Waals surface area contributed by atoms with Crippen LogP contribution in [0.25, 0.3) is 0 Å². The molecule has 0 saturated carbocycles. The zero-order valence-corrected chi connectivity index (χ0v) is 17.9. The Morgan fingerprint density at radius 1 is 1.09 bits per heavy atom. The molecule has 0 spiro atoms. The van der Waals surface area contributed by atoms with Crippen molar-refractivity contribution in [1.29, 1.82) is 0 Å². The summed E-state index contributed by atoms with van der Waals surface area (Å²) in [5.41, 5.74) is -0.377. The van der Waals surface area contributed by atoms with Crippen molar-refractivity contribution < 1.29 is 43.3 Å². The van der Waals surface area contributed by atoms with Crippen molar-refractivity contribution in [1.82, 2.24) is 4.31 Å². The predicted octanol–water partition coefficient (Wildman–Crippen LogP) is -0.280. The third-order valence-corrected chi connectivity index (χ3v) is 7.17. The number of benzene rings is 2. The lowest BCUT2D eigenvalue weighted by atomic mass is 10.0. The Morgan fingerprint density at radius 3 is 2.24 bits per heavy atom. The maximum Gasteiger partial charge on any atom is 0.322 e. The molecule has 5 atom stereocenters. The first-order valence-corrected chi connectivity index (χ1v) is 11.2. The van der Waals surface area contributed by atoms with Crippen LogP contribution in [-0.2, 0) is 26.0 Å². The number of rotatable bonds is 9. The maximum atomic E-state index is 13.7. The second-order valence-electron chi connectivity index (χ2n) is 7.33. The number of carbonyl (C=O) groups is 1. The highest BCUT2D eigenvalue weighted by Crippen LogP contribution is 2.34. The fraction of sp³-hybridized carbons (Fsp3) is 0.350. The van der Waals surface area contributed by atoms with Crippen LogP contribution in [0.4, 0.5) is 5.69 Å². The number of nitro groups is 1. The van der Waals surface area contributed by atoms with Crippen LogP contribution in [0, 0.1) is 10.1 Å². The summed E-state index contributed by atoms with van der Waals surface area (Å²) in [6.07, 6.45) is -7.37. The molecule has 1 aliphatic heterocycles. The van der Waals surface area contributed by atoms with Gasteiger partial charge in [-0.05, 0) is 18.1 Å². The van der Waals surface area contributed by atoms with Gasteiger partial charge in [-0.1, -0.05) is 42.5 Å². The van der Waals surface area contributed by atoms with Crippen molar-refractivity contribution >= 4 is 21.7 Å². The number of nitrogens with zero attached hydrogens (tertiary/aromatic N) is 2. The van der Waals surface area contributed by atoms with Gasteiger partial charge in [-0.25, -0.2) is 8.42 Å². The van der Waals surface area contributed by atoms with Gasteiger partial charge in [-0.15, -0.1) is 0 Å². The van der Waals surface area contributed by atoms with E-state index in [1.807, 2.05) is 0 Å². The van der Waals surface area contributed by atoms with Crippen molar-refractivity contribution in [2.24, 2.45) is 0 Å². The normalized spacial score (nSPS) is 24.0. The quantitative estimate of drug-likeness (QED) is 0.273. The summed E-state index contributed by atoms with van der Waals surface area (Å²) in [6, 6.07) is 10.5. The molecule has 2 aromatic rings. The second-order valence-corrected chi connectivity index (χ2v) is 9.14. The number of para-hydroxylation sites is 1.